The normalized spacial score (nSPS) is 28.5. The summed E-state index contributed by atoms with van der Waals surface area (Å²) in [5.41, 5.74) is 1.67. The van der Waals surface area contributed by atoms with Gasteiger partial charge in [0.1, 0.15) is 0 Å². The molecule has 0 bridgehead atoms. The van der Waals surface area contributed by atoms with Crippen molar-refractivity contribution in [2.24, 2.45) is 0 Å². The van der Waals surface area contributed by atoms with E-state index in [0.717, 1.165) is 35.8 Å². The van der Waals surface area contributed by atoms with E-state index in [4.69, 9.17) is 14.7 Å². The maximum absolute atomic E-state index is 12.2. The second kappa shape index (κ2) is 6.91. The number of nitrogens with zero attached hydrogens (tertiary/aromatic N) is 4. The van der Waals surface area contributed by atoms with E-state index in [1.54, 1.807) is 6.92 Å². The van der Waals surface area contributed by atoms with Gasteiger partial charge in [-0.3, -0.25) is 0 Å². The number of sulfone groups is 1. The molecule has 1 aromatic carbocycles. The lowest BCUT2D eigenvalue weighted by atomic mass is 10.2. The molecular weight excluding hydrogens is 364 g/mol. The van der Waals surface area contributed by atoms with Gasteiger partial charge in [-0.15, -0.1) is 0 Å². The molecule has 2 saturated heterocycles. The van der Waals surface area contributed by atoms with Gasteiger partial charge in [-0.2, -0.15) is 0 Å². The first kappa shape index (κ1) is 18.4. The second-order valence-corrected chi connectivity index (χ2v) is 10.2. The minimum Gasteiger partial charge on any atom is -0.372 e. The largest absolute Gasteiger partial charge is 0.372 e. The molecule has 0 saturated carbocycles. The number of hydrogen-bond acceptors (Lipinski definition) is 7. The summed E-state index contributed by atoms with van der Waals surface area (Å²) in [6, 6.07) is 7.82. The molecule has 4 rings (SSSR count). The zero-order valence-corrected chi connectivity index (χ0v) is 16.8. The van der Waals surface area contributed by atoms with Crippen molar-refractivity contribution in [3.05, 3.63) is 24.3 Å². The van der Waals surface area contributed by atoms with E-state index in [0.29, 0.717) is 13.1 Å². The molecule has 7 nitrogen and oxygen atoms in total. The minimum absolute atomic E-state index is 0.107. The Morgan fingerprint density at radius 1 is 0.926 bits per heavy atom. The highest BCUT2D eigenvalue weighted by atomic mass is 32.2. The number of aromatic nitrogens is 2. The summed E-state index contributed by atoms with van der Waals surface area (Å²) in [4.78, 5) is 14.1. The van der Waals surface area contributed by atoms with E-state index in [1.807, 2.05) is 24.3 Å². The quantitative estimate of drug-likeness (QED) is 0.775. The Labute approximate surface area is 160 Å². The molecule has 3 heterocycles. The third-order valence-corrected chi connectivity index (χ3v) is 7.42. The number of ether oxygens (including phenoxy) is 1. The van der Waals surface area contributed by atoms with Crippen molar-refractivity contribution >= 4 is 32.5 Å². The van der Waals surface area contributed by atoms with Crippen LogP contribution < -0.4 is 9.80 Å². The molecule has 2 aliphatic heterocycles. The number of para-hydroxylation sites is 2. The molecule has 1 aromatic heterocycles. The fraction of sp³-hybridized carbons (Fsp3) is 0.579. The standard InChI is InChI=1S/C19H26N4O3S/c1-13-10-23(11-14(2)26-13)19-18(20-16-6-4-5-7-17(16)21-19)22-8-9-27(24,25)15(3)12-22/h4-7,13-15H,8-12H2,1-3H3. The summed E-state index contributed by atoms with van der Waals surface area (Å²) >= 11 is 0. The third kappa shape index (κ3) is 3.60. The average Bonchev–Trinajstić information content (AvgIpc) is 2.62. The van der Waals surface area contributed by atoms with Crippen molar-refractivity contribution in [1.82, 2.24) is 9.97 Å². The van der Waals surface area contributed by atoms with Gasteiger partial charge in [0.05, 0.1) is 34.2 Å². The van der Waals surface area contributed by atoms with Crippen LogP contribution in [-0.4, -0.2) is 67.8 Å². The molecule has 27 heavy (non-hydrogen) atoms. The van der Waals surface area contributed by atoms with Crippen molar-refractivity contribution in [3.63, 3.8) is 0 Å². The van der Waals surface area contributed by atoms with Crippen molar-refractivity contribution in [2.75, 3.05) is 41.7 Å². The van der Waals surface area contributed by atoms with E-state index in [1.165, 1.54) is 0 Å². The molecular formula is C19H26N4O3S. The molecule has 0 amide bonds. The molecule has 146 valence electrons. The third-order valence-electron chi connectivity index (χ3n) is 5.29. The van der Waals surface area contributed by atoms with Crippen LogP contribution in [0.25, 0.3) is 11.0 Å². The highest BCUT2D eigenvalue weighted by Crippen LogP contribution is 2.32. The minimum atomic E-state index is -3.02. The lowest BCUT2D eigenvalue weighted by molar-refractivity contribution is -0.00542. The summed E-state index contributed by atoms with van der Waals surface area (Å²) in [6.07, 6.45) is 0.214. The Morgan fingerprint density at radius 2 is 1.48 bits per heavy atom. The van der Waals surface area contributed by atoms with Gasteiger partial charge in [-0.25, -0.2) is 18.4 Å². The fourth-order valence-electron chi connectivity index (χ4n) is 3.90. The molecule has 3 unspecified atom stereocenters. The molecule has 0 radical (unpaired) electrons. The molecule has 8 heteroatoms. The molecule has 0 N–H and O–H groups in total. The first-order valence-electron chi connectivity index (χ1n) is 9.47. The number of rotatable bonds is 2. The Hall–Kier alpha value is -1.93. The van der Waals surface area contributed by atoms with Crippen molar-refractivity contribution in [3.8, 4) is 0 Å². The lowest BCUT2D eigenvalue weighted by Crippen LogP contribution is -2.49. The molecule has 2 aromatic rings. The predicted molar refractivity (Wildman–Crippen MR) is 107 cm³/mol. The van der Waals surface area contributed by atoms with Gasteiger partial charge < -0.3 is 14.5 Å². The zero-order chi connectivity index (χ0) is 19.2. The summed E-state index contributed by atoms with van der Waals surface area (Å²) in [5.74, 6) is 1.75. The van der Waals surface area contributed by atoms with Crippen LogP contribution in [0.5, 0.6) is 0 Å². The van der Waals surface area contributed by atoms with Crippen LogP contribution in [0.15, 0.2) is 24.3 Å². The van der Waals surface area contributed by atoms with Gasteiger partial charge in [0.2, 0.25) is 0 Å². The number of benzene rings is 1. The smallest absolute Gasteiger partial charge is 0.172 e. The van der Waals surface area contributed by atoms with Crippen LogP contribution in [0.4, 0.5) is 11.6 Å². The van der Waals surface area contributed by atoms with E-state index < -0.39 is 15.1 Å². The van der Waals surface area contributed by atoms with Crippen LogP contribution >= 0.6 is 0 Å². The summed E-state index contributed by atoms with van der Waals surface area (Å²) < 4.78 is 30.2. The molecule has 3 atom stereocenters. The van der Waals surface area contributed by atoms with Crippen molar-refractivity contribution in [2.45, 2.75) is 38.2 Å². The van der Waals surface area contributed by atoms with Crippen molar-refractivity contribution in [1.29, 1.82) is 0 Å². The highest BCUT2D eigenvalue weighted by Gasteiger charge is 2.33. The molecule has 0 spiro atoms. The van der Waals surface area contributed by atoms with Gasteiger partial charge in [0.25, 0.3) is 0 Å². The number of anilines is 2. The zero-order valence-electron chi connectivity index (χ0n) is 16.0. The summed E-state index contributed by atoms with van der Waals surface area (Å²) in [5, 5.41) is -0.407. The second-order valence-electron chi connectivity index (χ2n) is 7.65. The van der Waals surface area contributed by atoms with Crippen LogP contribution in [0.2, 0.25) is 0 Å². The monoisotopic (exact) mass is 390 g/mol. The van der Waals surface area contributed by atoms with Crippen molar-refractivity contribution < 1.29 is 13.2 Å². The average molecular weight is 391 g/mol. The van der Waals surface area contributed by atoms with E-state index in [9.17, 15) is 8.42 Å². The SMILES string of the molecule is CC1CN(c2nc3ccccc3nc2N2CCS(=O)(=O)C(C)C2)CC(C)O1. The Morgan fingerprint density at radius 3 is 2.04 bits per heavy atom. The Kier molecular flexibility index (Phi) is 4.71. The van der Waals surface area contributed by atoms with Crippen LogP contribution in [0, 0.1) is 0 Å². The summed E-state index contributed by atoms with van der Waals surface area (Å²) in [7, 11) is -3.02. The molecule has 2 aliphatic rings. The van der Waals surface area contributed by atoms with Crippen LogP contribution in [0.3, 0.4) is 0 Å². The fourth-order valence-corrected chi connectivity index (χ4v) is 5.19. The Balaban J connectivity index is 1.78. The first-order valence-corrected chi connectivity index (χ1v) is 11.2. The van der Waals surface area contributed by atoms with Gasteiger partial charge in [-0.05, 0) is 32.9 Å². The maximum atomic E-state index is 12.2. The predicted octanol–water partition coefficient (Wildman–Crippen LogP) is 1.87. The molecule has 2 fully saturated rings. The topological polar surface area (TPSA) is 75.6 Å². The van der Waals surface area contributed by atoms with Gasteiger partial charge in [0.15, 0.2) is 21.5 Å². The van der Waals surface area contributed by atoms with Gasteiger partial charge in [-0.1, -0.05) is 12.1 Å². The lowest BCUT2D eigenvalue weighted by Gasteiger charge is -2.39. The van der Waals surface area contributed by atoms with E-state index >= 15 is 0 Å². The van der Waals surface area contributed by atoms with Crippen LogP contribution in [-0.2, 0) is 14.6 Å². The van der Waals surface area contributed by atoms with Gasteiger partial charge in [0, 0.05) is 26.2 Å². The highest BCUT2D eigenvalue weighted by molar-refractivity contribution is 7.92. The first-order chi connectivity index (χ1) is 12.8. The van der Waals surface area contributed by atoms with Crippen LogP contribution in [0.1, 0.15) is 20.8 Å². The maximum Gasteiger partial charge on any atom is 0.172 e. The van der Waals surface area contributed by atoms with E-state index in [2.05, 4.69) is 23.6 Å². The Bertz CT molecular complexity index is 939. The molecule has 0 aliphatic carbocycles. The van der Waals surface area contributed by atoms with E-state index in [-0.39, 0.29) is 18.0 Å². The van der Waals surface area contributed by atoms with Gasteiger partial charge >= 0.3 is 0 Å². The number of fused-ring (bicyclic) bond motifs is 1. The summed E-state index contributed by atoms with van der Waals surface area (Å²) in [6.45, 7) is 8.27. The number of hydrogen-bond donors (Lipinski definition) is 0. The number of morpholine rings is 1.